The summed E-state index contributed by atoms with van der Waals surface area (Å²) in [7, 11) is 0. The first-order valence-electron chi connectivity index (χ1n) is 8.51. The maximum atomic E-state index is 12.6. The number of carbonyl (C=O) groups is 1. The summed E-state index contributed by atoms with van der Waals surface area (Å²) >= 11 is 0. The van der Waals surface area contributed by atoms with Crippen LogP contribution in [-0.4, -0.2) is 25.5 Å². The number of carbonyl (C=O) groups excluding carboxylic acids is 1. The van der Waals surface area contributed by atoms with Crippen LogP contribution in [0.25, 0.3) is 0 Å². The summed E-state index contributed by atoms with van der Waals surface area (Å²) in [4.78, 5) is 12.6. The Balaban J connectivity index is 1.83. The standard InChI is InChI=1S/C17H32N2O/c1-13-7-4-5-8-14(13)11-19-16(20)17(2,3)15-9-6-10-18-12-15/h13-15,18H,4-12H2,1-3H3,(H,19,20). The lowest BCUT2D eigenvalue weighted by Gasteiger charge is -2.37. The van der Waals surface area contributed by atoms with Gasteiger partial charge >= 0.3 is 0 Å². The van der Waals surface area contributed by atoms with Gasteiger partial charge in [0.2, 0.25) is 5.91 Å². The molecule has 3 heteroatoms. The predicted octanol–water partition coefficient (Wildman–Crippen LogP) is 2.95. The Kier molecular flexibility index (Phi) is 5.48. The molecule has 0 aromatic rings. The molecule has 2 N–H and O–H groups in total. The zero-order chi connectivity index (χ0) is 14.6. The van der Waals surface area contributed by atoms with Crippen molar-refractivity contribution in [3.05, 3.63) is 0 Å². The number of nitrogens with one attached hydrogen (secondary N) is 2. The number of hydrogen-bond acceptors (Lipinski definition) is 2. The third-order valence-corrected chi connectivity index (χ3v) is 5.72. The van der Waals surface area contributed by atoms with E-state index >= 15 is 0 Å². The molecule has 0 aromatic carbocycles. The lowest BCUT2D eigenvalue weighted by molar-refractivity contribution is -0.132. The molecule has 2 rings (SSSR count). The first-order chi connectivity index (χ1) is 9.51. The largest absolute Gasteiger partial charge is 0.355 e. The van der Waals surface area contributed by atoms with E-state index in [1.54, 1.807) is 0 Å². The van der Waals surface area contributed by atoms with Crippen LogP contribution in [0.3, 0.4) is 0 Å². The quantitative estimate of drug-likeness (QED) is 0.831. The second-order valence-corrected chi connectivity index (χ2v) is 7.50. The summed E-state index contributed by atoms with van der Waals surface area (Å²) in [5.74, 6) is 2.18. The fourth-order valence-electron chi connectivity index (χ4n) is 3.80. The van der Waals surface area contributed by atoms with Crippen LogP contribution in [0.15, 0.2) is 0 Å². The van der Waals surface area contributed by atoms with Crippen LogP contribution in [0.4, 0.5) is 0 Å². The summed E-state index contributed by atoms with van der Waals surface area (Å²) in [6.45, 7) is 9.54. The normalized spacial score (nSPS) is 31.9. The summed E-state index contributed by atoms with van der Waals surface area (Å²) < 4.78 is 0. The van der Waals surface area contributed by atoms with Crippen molar-refractivity contribution in [3.8, 4) is 0 Å². The van der Waals surface area contributed by atoms with Crippen molar-refractivity contribution in [2.45, 2.75) is 59.3 Å². The molecular formula is C17H32N2O. The molecule has 3 atom stereocenters. The lowest BCUT2D eigenvalue weighted by atomic mass is 9.74. The zero-order valence-electron chi connectivity index (χ0n) is 13.5. The fraction of sp³-hybridized carbons (Fsp3) is 0.941. The Morgan fingerprint density at radius 1 is 1.20 bits per heavy atom. The average Bonchev–Trinajstić information content (AvgIpc) is 2.47. The van der Waals surface area contributed by atoms with E-state index in [4.69, 9.17) is 0 Å². The molecule has 0 bridgehead atoms. The third kappa shape index (κ3) is 3.75. The van der Waals surface area contributed by atoms with E-state index < -0.39 is 0 Å². The zero-order valence-corrected chi connectivity index (χ0v) is 13.5. The van der Waals surface area contributed by atoms with Gasteiger partial charge in [-0.2, -0.15) is 0 Å². The first kappa shape index (κ1) is 15.8. The molecule has 0 radical (unpaired) electrons. The van der Waals surface area contributed by atoms with Gasteiger partial charge in [0.05, 0.1) is 0 Å². The van der Waals surface area contributed by atoms with Gasteiger partial charge in [0.25, 0.3) is 0 Å². The Bertz CT molecular complexity index is 321. The summed E-state index contributed by atoms with van der Waals surface area (Å²) in [5.41, 5.74) is -0.245. The SMILES string of the molecule is CC1CCCCC1CNC(=O)C(C)(C)C1CCCNC1. The van der Waals surface area contributed by atoms with E-state index in [-0.39, 0.29) is 11.3 Å². The van der Waals surface area contributed by atoms with Crippen molar-refractivity contribution in [1.29, 1.82) is 0 Å². The molecule has 1 saturated carbocycles. The molecule has 0 aromatic heterocycles. The maximum Gasteiger partial charge on any atom is 0.225 e. The van der Waals surface area contributed by atoms with Crippen LogP contribution < -0.4 is 10.6 Å². The van der Waals surface area contributed by atoms with Gasteiger partial charge in [-0.05, 0) is 50.1 Å². The highest BCUT2D eigenvalue weighted by atomic mass is 16.2. The van der Waals surface area contributed by atoms with Crippen LogP contribution in [0.1, 0.15) is 59.3 Å². The monoisotopic (exact) mass is 280 g/mol. The molecular weight excluding hydrogens is 248 g/mol. The molecule has 1 heterocycles. The molecule has 1 aliphatic carbocycles. The Morgan fingerprint density at radius 2 is 1.95 bits per heavy atom. The second-order valence-electron chi connectivity index (χ2n) is 7.50. The van der Waals surface area contributed by atoms with Crippen LogP contribution >= 0.6 is 0 Å². The maximum absolute atomic E-state index is 12.6. The van der Waals surface area contributed by atoms with Gasteiger partial charge in [-0.25, -0.2) is 0 Å². The Morgan fingerprint density at radius 3 is 2.60 bits per heavy atom. The average molecular weight is 280 g/mol. The van der Waals surface area contributed by atoms with Gasteiger partial charge in [0, 0.05) is 12.0 Å². The van der Waals surface area contributed by atoms with Gasteiger partial charge < -0.3 is 10.6 Å². The first-order valence-corrected chi connectivity index (χ1v) is 8.51. The molecule has 0 spiro atoms. The van der Waals surface area contributed by atoms with Crippen molar-refractivity contribution in [3.63, 3.8) is 0 Å². The van der Waals surface area contributed by atoms with Gasteiger partial charge in [-0.1, -0.05) is 40.0 Å². The van der Waals surface area contributed by atoms with Crippen molar-refractivity contribution in [2.24, 2.45) is 23.2 Å². The smallest absolute Gasteiger partial charge is 0.225 e. The molecule has 1 aliphatic heterocycles. The van der Waals surface area contributed by atoms with E-state index in [2.05, 4.69) is 31.4 Å². The molecule has 20 heavy (non-hydrogen) atoms. The van der Waals surface area contributed by atoms with Crippen molar-refractivity contribution < 1.29 is 4.79 Å². The Hall–Kier alpha value is -0.570. The minimum atomic E-state index is -0.245. The third-order valence-electron chi connectivity index (χ3n) is 5.72. The molecule has 116 valence electrons. The number of hydrogen-bond donors (Lipinski definition) is 2. The molecule has 3 unspecified atom stereocenters. The number of piperidine rings is 1. The van der Waals surface area contributed by atoms with Crippen LogP contribution in [-0.2, 0) is 4.79 Å². The van der Waals surface area contributed by atoms with Gasteiger partial charge in [-0.15, -0.1) is 0 Å². The van der Waals surface area contributed by atoms with E-state index in [1.807, 2.05) is 0 Å². The molecule has 3 nitrogen and oxygen atoms in total. The molecule has 1 saturated heterocycles. The van der Waals surface area contributed by atoms with Gasteiger partial charge in [0.15, 0.2) is 0 Å². The lowest BCUT2D eigenvalue weighted by Crippen LogP contribution is -2.48. The van der Waals surface area contributed by atoms with E-state index in [1.165, 1.54) is 38.5 Å². The summed E-state index contributed by atoms with van der Waals surface area (Å²) in [5, 5.41) is 6.68. The highest BCUT2D eigenvalue weighted by molar-refractivity contribution is 5.82. The van der Waals surface area contributed by atoms with Gasteiger partial charge in [0.1, 0.15) is 0 Å². The molecule has 2 aliphatic rings. The van der Waals surface area contributed by atoms with Crippen molar-refractivity contribution in [2.75, 3.05) is 19.6 Å². The number of rotatable bonds is 4. The van der Waals surface area contributed by atoms with E-state index in [9.17, 15) is 4.79 Å². The van der Waals surface area contributed by atoms with E-state index in [0.717, 1.165) is 25.6 Å². The summed E-state index contributed by atoms with van der Waals surface area (Å²) in [6, 6.07) is 0. The molecule has 1 amide bonds. The van der Waals surface area contributed by atoms with Crippen molar-refractivity contribution >= 4 is 5.91 Å². The van der Waals surface area contributed by atoms with Crippen LogP contribution in [0.2, 0.25) is 0 Å². The summed E-state index contributed by atoms with van der Waals surface area (Å²) in [6.07, 6.45) is 7.68. The minimum Gasteiger partial charge on any atom is -0.355 e. The van der Waals surface area contributed by atoms with Crippen LogP contribution in [0, 0.1) is 23.2 Å². The fourth-order valence-corrected chi connectivity index (χ4v) is 3.80. The Labute approximate surface area is 124 Å². The minimum absolute atomic E-state index is 0.245. The highest BCUT2D eigenvalue weighted by Crippen LogP contribution is 2.33. The van der Waals surface area contributed by atoms with Crippen LogP contribution in [0.5, 0.6) is 0 Å². The predicted molar refractivity (Wildman–Crippen MR) is 83.5 cm³/mol. The highest BCUT2D eigenvalue weighted by Gasteiger charge is 2.37. The van der Waals surface area contributed by atoms with Gasteiger partial charge in [-0.3, -0.25) is 4.79 Å². The number of amides is 1. The van der Waals surface area contributed by atoms with Crippen molar-refractivity contribution in [1.82, 2.24) is 10.6 Å². The second kappa shape index (κ2) is 6.93. The van der Waals surface area contributed by atoms with E-state index in [0.29, 0.717) is 11.8 Å². The topological polar surface area (TPSA) is 41.1 Å². The molecule has 2 fully saturated rings.